The number of unbranched alkanes of at least 4 members (excludes halogenated alkanes) is 1. The third kappa shape index (κ3) is 5.72. The Morgan fingerprint density at radius 1 is 1.25 bits per heavy atom. The van der Waals surface area contributed by atoms with Gasteiger partial charge in [0.05, 0.1) is 11.4 Å². The molecule has 2 heterocycles. The van der Waals surface area contributed by atoms with E-state index in [1.54, 1.807) is 0 Å². The Hall–Kier alpha value is -1.17. The van der Waals surface area contributed by atoms with Crippen molar-refractivity contribution >= 4 is 5.69 Å². The predicted molar refractivity (Wildman–Crippen MR) is 100 cm³/mol. The van der Waals surface area contributed by atoms with E-state index in [9.17, 15) is 5.11 Å². The molecule has 1 aliphatic heterocycles. The van der Waals surface area contributed by atoms with Crippen LogP contribution in [-0.2, 0) is 0 Å². The van der Waals surface area contributed by atoms with Gasteiger partial charge < -0.3 is 15.7 Å². The summed E-state index contributed by atoms with van der Waals surface area (Å²) >= 11 is 0. The Morgan fingerprint density at radius 3 is 2.75 bits per heavy atom. The summed E-state index contributed by atoms with van der Waals surface area (Å²) in [5.41, 5.74) is 2.32. The number of nitrogens with one attached hydrogen (secondary N) is 2. The van der Waals surface area contributed by atoms with Gasteiger partial charge in [0.1, 0.15) is 6.23 Å². The average molecular weight is 335 g/mol. The summed E-state index contributed by atoms with van der Waals surface area (Å²) in [6.07, 6.45) is 6.90. The molecule has 5 heteroatoms. The van der Waals surface area contributed by atoms with Crippen LogP contribution in [0.1, 0.15) is 57.6 Å². The van der Waals surface area contributed by atoms with Gasteiger partial charge >= 0.3 is 0 Å². The van der Waals surface area contributed by atoms with Gasteiger partial charge in [-0.2, -0.15) is 0 Å². The summed E-state index contributed by atoms with van der Waals surface area (Å²) in [5.74, 6) is 0.415. The van der Waals surface area contributed by atoms with Crippen molar-refractivity contribution in [2.24, 2.45) is 0 Å². The quantitative estimate of drug-likeness (QED) is 0.614. The molecule has 2 unspecified atom stereocenters. The van der Waals surface area contributed by atoms with Gasteiger partial charge in [0, 0.05) is 44.8 Å². The van der Waals surface area contributed by atoms with Gasteiger partial charge in [-0.3, -0.25) is 9.88 Å². The van der Waals surface area contributed by atoms with E-state index in [0.29, 0.717) is 5.92 Å². The predicted octanol–water partition coefficient (Wildman–Crippen LogP) is 2.79. The molecule has 1 aromatic rings. The van der Waals surface area contributed by atoms with Crippen molar-refractivity contribution in [1.82, 2.24) is 15.2 Å². The van der Waals surface area contributed by atoms with Crippen LogP contribution >= 0.6 is 0 Å². The molecule has 24 heavy (non-hydrogen) atoms. The number of nitrogens with zero attached hydrogens (tertiary/aromatic N) is 2. The van der Waals surface area contributed by atoms with Crippen LogP contribution in [-0.4, -0.2) is 53.9 Å². The average Bonchev–Trinajstić information content (AvgIpc) is 2.63. The molecule has 1 fully saturated rings. The molecule has 1 aliphatic rings. The second-order valence-electron chi connectivity index (χ2n) is 6.65. The van der Waals surface area contributed by atoms with Crippen LogP contribution in [0.25, 0.3) is 0 Å². The van der Waals surface area contributed by atoms with Crippen LogP contribution in [0.2, 0.25) is 0 Å². The van der Waals surface area contributed by atoms with E-state index in [1.165, 1.54) is 18.5 Å². The summed E-state index contributed by atoms with van der Waals surface area (Å²) in [4.78, 5) is 6.86. The van der Waals surface area contributed by atoms with Crippen LogP contribution in [0.5, 0.6) is 0 Å². The molecule has 0 amide bonds. The minimum atomic E-state index is -0.331. The lowest BCUT2D eigenvalue weighted by Gasteiger charge is -2.32. The first-order valence-electron chi connectivity index (χ1n) is 9.57. The van der Waals surface area contributed by atoms with Crippen molar-refractivity contribution in [2.45, 2.75) is 58.1 Å². The first-order chi connectivity index (χ1) is 11.8. The van der Waals surface area contributed by atoms with Crippen molar-refractivity contribution in [1.29, 1.82) is 0 Å². The van der Waals surface area contributed by atoms with E-state index in [2.05, 4.69) is 40.4 Å². The lowest BCUT2D eigenvalue weighted by atomic mass is 9.91. The summed E-state index contributed by atoms with van der Waals surface area (Å²) in [5, 5.41) is 17.3. The van der Waals surface area contributed by atoms with Gasteiger partial charge in [-0.25, -0.2) is 0 Å². The van der Waals surface area contributed by atoms with E-state index in [4.69, 9.17) is 0 Å². The number of anilines is 1. The van der Waals surface area contributed by atoms with E-state index >= 15 is 0 Å². The highest BCUT2D eigenvalue weighted by atomic mass is 16.3. The Labute approximate surface area is 146 Å². The van der Waals surface area contributed by atoms with Crippen LogP contribution in [0, 0.1) is 0 Å². The highest BCUT2D eigenvalue weighted by molar-refractivity contribution is 5.49. The standard InChI is InChI=1S/C19H34N4O/c1-3-5-7-16(19-17(21-4-2)8-6-11-22-19)9-10-18(24)23-14-12-20-13-15-23/h6,8,11,16,18,20-21,24H,3-5,7,9-10,12-15H2,1-2H3. The SMILES string of the molecule is CCCCC(CCC(O)N1CCNCC1)c1ncccc1NCC. The van der Waals surface area contributed by atoms with Crippen molar-refractivity contribution in [3.05, 3.63) is 24.0 Å². The summed E-state index contributed by atoms with van der Waals surface area (Å²) in [7, 11) is 0. The van der Waals surface area contributed by atoms with Crippen molar-refractivity contribution < 1.29 is 5.11 Å². The maximum atomic E-state index is 10.5. The Morgan fingerprint density at radius 2 is 2.04 bits per heavy atom. The minimum absolute atomic E-state index is 0.331. The molecule has 0 aliphatic carbocycles. The van der Waals surface area contributed by atoms with Crippen LogP contribution < -0.4 is 10.6 Å². The van der Waals surface area contributed by atoms with E-state index < -0.39 is 0 Å². The Balaban J connectivity index is 1.99. The molecule has 136 valence electrons. The monoisotopic (exact) mass is 334 g/mol. The summed E-state index contributed by atoms with van der Waals surface area (Å²) in [6.45, 7) is 9.08. The first kappa shape index (κ1) is 19.2. The van der Waals surface area contributed by atoms with E-state index in [-0.39, 0.29) is 6.23 Å². The second kappa shape index (κ2) is 10.6. The number of hydrogen-bond acceptors (Lipinski definition) is 5. The Bertz CT molecular complexity index is 462. The van der Waals surface area contributed by atoms with E-state index in [0.717, 1.165) is 57.7 Å². The smallest absolute Gasteiger partial charge is 0.107 e. The first-order valence-corrected chi connectivity index (χ1v) is 9.57. The molecule has 2 atom stereocenters. The molecular formula is C19H34N4O. The van der Waals surface area contributed by atoms with Crippen molar-refractivity contribution in [2.75, 3.05) is 38.0 Å². The molecule has 0 saturated carbocycles. The number of aromatic nitrogens is 1. The number of piperazine rings is 1. The molecule has 0 radical (unpaired) electrons. The highest BCUT2D eigenvalue weighted by Crippen LogP contribution is 2.31. The highest BCUT2D eigenvalue weighted by Gasteiger charge is 2.22. The van der Waals surface area contributed by atoms with Gasteiger partial charge in [0.15, 0.2) is 0 Å². The molecule has 1 saturated heterocycles. The third-order valence-electron chi connectivity index (χ3n) is 4.85. The topological polar surface area (TPSA) is 60.4 Å². The number of rotatable bonds is 10. The van der Waals surface area contributed by atoms with Crippen molar-refractivity contribution in [3.8, 4) is 0 Å². The molecule has 0 spiro atoms. The number of hydrogen-bond donors (Lipinski definition) is 3. The largest absolute Gasteiger partial charge is 0.384 e. The molecule has 3 N–H and O–H groups in total. The Kier molecular flexibility index (Phi) is 8.50. The lowest BCUT2D eigenvalue weighted by molar-refractivity contribution is -0.0117. The van der Waals surface area contributed by atoms with Crippen LogP contribution in [0.3, 0.4) is 0 Å². The van der Waals surface area contributed by atoms with Gasteiger partial charge in [-0.15, -0.1) is 0 Å². The fraction of sp³-hybridized carbons (Fsp3) is 0.737. The number of aliphatic hydroxyl groups is 1. The molecule has 1 aromatic heterocycles. The van der Waals surface area contributed by atoms with Gasteiger partial charge in [-0.1, -0.05) is 19.8 Å². The number of aliphatic hydroxyl groups excluding tert-OH is 1. The molecule has 2 rings (SSSR count). The lowest BCUT2D eigenvalue weighted by Crippen LogP contribution is -2.48. The molecule has 0 bridgehead atoms. The molecular weight excluding hydrogens is 300 g/mol. The molecule has 0 aromatic carbocycles. The summed E-state index contributed by atoms with van der Waals surface area (Å²) < 4.78 is 0. The van der Waals surface area contributed by atoms with Crippen LogP contribution in [0.4, 0.5) is 5.69 Å². The maximum absolute atomic E-state index is 10.5. The van der Waals surface area contributed by atoms with Gasteiger partial charge in [0.2, 0.25) is 0 Å². The maximum Gasteiger partial charge on any atom is 0.107 e. The minimum Gasteiger partial charge on any atom is -0.384 e. The summed E-state index contributed by atoms with van der Waals surface area (Å²) in [6, 6.07) is 4.12. The zero-order valence-corrected chi connectivity index (χ0v) is 15.3. The molecule has 5 nitrogen and oxygen atoms in total. The van der Waals surface area contributed by atoms with Crippen molar-refractivity contribution in [3.63, 3.8) is 0 Å². The van der Waals surface area contributed by atoms with Crippen LogP contribution in [0.15, 0.2) is 18.3 Å². The number of pyridine rings is 1. The van der Waals surface area contributed by atoms with Gasteiger partial charge in [-0.05, 0) is 38.3 Å². The van der Waals surface area contributed by atoms with E-state index in [1.807, 2.05) is 12.3 Å². The normalized spacial score (nSPS) is 18.3. The van der Waals surface area contributed by atoms with Gasteiger partial charge in [0.25, 0.3) is 0 Å². The zero-order valence-electron chi connectivity index (χ0n) is 15.3. The fourth-order valence-corrected chi connectivity index (χ4v) is 3.46. The third-order valence-corrected chi connectivity index (χ3v) is 4.85. The zero-order chi connectivity index (χ0) is 17.2. The second-order valence-corrected chi connectivity index (χ2v) is 6.65. The fourth-order valence-electron chi connectivity index (χ4n) is 3.46.